The molecule has 1 aromatic carbocycles. The van der Waals surface area contributed by atoms with Crippen molar-refractivity contribution in [2.45, 2.75) is 64.0 Å². The lowest BCUT2D eigenvalue weighted by Crippen LogP contribution is -2.86. The maximum atomic E-state index is 13.4. The van der Waals surface area contributed by atoms with Crippen LogP contribution in [0.15, 0.2) is 12.1 Å². The minimum absolute atomic E-state index is 0.0285. The quantitative estimate of drug-likeness (QED) is 0.832. The van der Waals surface area contributed by atoms with E-state index in [4.69, 9.17) is 4.74 Å². The van der Waals surface area contributed by atoms with E-state index >= 15 is 0 Å². The zero-order valence-corrected chi connectivity index (χ0v) is 15.4. The second-order valence-electron chi connectivity index (χ2n) is 7.19. The first-order valence-electron chi connectivity index (χ1n) is 9.22. The molecule has 1 aliphatic heterocycles. The average molecular weight is 342 g/mol. The summed E-state index contributed by atoms with van der Waals surface area (Å²) < 4.78 is 5.43. The topological polar surface area (TPSA) is 60.5 Å². The number of ketones is 1. The minimum atomic E-state index is -0.673. The highest BCUT2D eigenvalue weighted by molar-refractivity contribution is 6.42. The summed E-state index contributed by atoms with van der Waals surface area (Å²) in [7, 11) is 1.72. The van der Waals surface area contributed by atoms with E-state index in [9.17, 15) is 9.90 Å². The molecule has 0 unspecified atom stereocenters. The molecule has 0 saturated heterocycles. The predicted molar refractivity (Wildman–Crippen MR) is 99.0 cm³/mol. The van der Waals surface area contributed by atoms with Crippen LogP contribution in [0.2, 0.25) is 0 Å². The number of rotatable bonds is 3. The molecule has 0 aromatic heterocycles. The minimum Gasteiger partial charge on any atom is -0.460 e. The third kappa shape index (κ3) is 2.93. The van der Waals surface area contributed by atoms with Crippen LogP contribution in [0.1, 0.15) is 50.7 Å². The second-order valence-corrected chi connectivity index (χ2v) is 7.19. The molecule has 1 heterocycles. The van der Waals surface area contributed by atoms with E-state index in [2.05, 4.69) is 25.4 Å². The molecule has 0 bridgehead atoms. The SMILES string of the molecule is C=c1cc(CC)c(=C2C(=O)C3(CCC(OC)CC3)[NH+]=C2O)c(CC)c1. The lowest BCUT2D eigenvalue weighted by Gasteiger charge is -2.28. The van der Waals surface area contributed by atoms with Gasteiger partial charge in [0.2, 0.25) is 11.3 Å². The largest absolute Gasteiger partial charge is 0.460 e. The Morgan fingerprint density at radius 1 is 1.24 bits per heavy atom. The Labute approximate surface area is 148 Å². The van der Waals surface area contributed by atoms with Crippen molar-refractivity contribution < 1.29 is 19.6 Å². The summed E-state index contributed by atoms with van der Waals surface area (Å²) in [6, 6.07) is 4.05. The lowest BCUT2D eigenvalue weighted by molar-refractivity contribution is -0.541. The fourth-order valence-electron chi connectivity index (χ4n) is 4.32. The van der Waals surface area contributed by atoms with Gasteiger partial charge in [0, 0.05) is 25.2 Å². The predicted octanol–water partition coefficient (Wildman–Crippen LogP) is 0.320. The monoisotopic (exact) mass is 342 g/mol. The van der Waals surface area contributed by atoms with Gasteiger partial charge in [-0.1, -0.05) is 32.6 Å². The Hall–Kier alpha value is -1.94. The smallest absolute Gasteiger partial charge is 0.371 e. The second kappa shape index (κ2) is 6.75. The van der Waals surface area contributed by atoms with Gasteiger partial charge in [0.1, 0.15) is 5.57 Å². The molecular formula is C21H28NO3+. The van der Waals surface area contributed by atoms with Crippen LogP contribution in [0.3, 0.4) is 0 Å². The highest BCUT2D eigenvalue weighted by Gasteiger charge is 2.55. The molecule has 4 heteroatoms. The van der Waals surface area contributed by atoms with Gasteiger partial charge in [-0.3, -0.25) is 4.79 Å². The van der Waals surface area contributed by atoms with Crippen molar-refractivity contribution in [2.75, 3.05) is 7.11 Å². The lowest BCUT2D eigenvalue weighted by atomic mass is 9.77. The molecule has 4 nitrogen and oxygen atoms in total. The number of aliphatic hydroxyl groups is 1. The van der Waals surface area contributed by atoms with E-state index in [1.807, 2.05) is 12.1 Å². The Kier molecular flexibility index (Phi) is 4.83. The molecule has 134 valence electrons. The Balaban J connectivity index is 2.17. The maximum absolute atomic E-state index is 13.4. The van der Waals surface area contributed by atoms with E-state index < -0.39 is 5.54 Å². The number of ether oxygens (including phenoxy) is 1. The van der Waals surface area contributed by atoms with Crippen LogP contribution in [0.25, 0.3) is 12.2 Å². The van der Waals surface area contributed by atoms with Gasteiger partial charge in [0.15, 0.2) is 0 Å². The molecule has 2 N–H and O–H groups in total. The fraction of sp³-hybridized carbons (Fsp3) is 0.524. The van der Waals surface area contributed by atoms with Gasteiger partial charge < -0.3 is 9.84 Å². The number of aliphatic hydroxyl groups excluding tert-OH is 1. The van der Waals surface area contributed by atoms with E-state index in [0.717, 1.165) is 47.2 Å². The molecule has 25 heavy (non-hydrogen) atoms. The van der Waals surface area contributed by atoms with Crippen molar-refractivity contribution in [1.82, 2.24) is 0 Å². The van der Waals surface area contributed by atoms with E-state index in [1.165, 1.54) is 0 Å². The number of carbonyl (C=O) groups is 1. The molecule has 1 aliphatic carbocycles. The van der Waals surface area contributed by atoms with Gasteiger partial charge in [-0.15, -0.1) is 0 Å². The number of benzene rings is 1. The first kappa shape index (κ1) is 17.9. The summed E-state index contributed by atoms with van der Waals surface area (Å²) in [5.74, 6) is 0.0582. The average Bonchev–Trinajstić information content (AvgIpc) is 2.85. The number of hydrogen-bond acceptors (Lipinski definition) is 2. The normalized spacial score (nSPS) is 26.4. The summed E-state index contributed by atoms with van der Waals surface area (Å²) in [6.07, 6.45) is 4.84. The molecule has 1 aromatic rings. The summed E-state index contributed by atoms with van der Waals surface area (Å²) >= 11 is 0. The summed E-state index contributed by atoms with van der Waals surface area (Å²) in [4.78, 5) is 16.5. The standard InChI is InChI=1S/C21H27NO3/c1-5-14-11-13(3)12-15(6-2)17(14)18-19(23)21(22-20(18)24)9-7-16(25-4)8-10-21/h11-12,16H,3,5-10H2,1-2,4H3,(H,22,24)/p+1. The Bertz CT molecular complexity index is 798. The maximum Gasteiger partial charge on any atom is 0.371 e. The van der Waals surface area contributed by atoms with Crippen molar-refractivity contribution in [1.29, 1.82) is 0 Å². The third-order valence-corrected chi connectivity index (χ3v) is 5.75. The highest BCUT2D eigenvalue weighted by atomic mass is 16.5. The van der Waals surface area contributed by atoms with Crippen molar-refractivity contribution in [3.05, 3.63) is 33.7 Å². The van der Waals surface area contributed by atoms with Crippen LogP contribution < -0.4 is 15.4 Å². The molecule has 1 spiro atoms. The Morgan fingerprint density at radius 2 is 1.80 bits per heavy atom. The molecule has 1 fully saturated rings. The van der Waals surface area contributed by atoms with Gasteiger partial charge in [-0.2, -0.15) is 4.99 Å². The number of Topliss-reactive ketones (excluding diaryl/α,β-unsaturated/α-hetero) is 1. The summed E-state index contributed by atoms with van der Waals surface area (Å²) in [5.41, 5.74) is 1.94. The zero-order chi connectivity index (χ0) is 18.2. The van der Waals surface area contributed by atoms with E-state index in [-0.39, 0.29) is 17.8 Å². The van der Waals surface area contributed by atoms with Crippen LogP contribution in [-0.4, -0.2) is 35.5 Å². The van der Waals surface area contributed by atoms with Gasteiger partial charge in [0.05, 0.1) is 6.10 Å². The molecule has 0 amide bonds. The number of hydrogen-bond donors (Lipinski definition) is 2. The first-order valence-corrected chi connectivity index (χ1v) is 9.22. The van der Waals surface area contributed by atoms with E-state index in [1.54, 1.807) is 7.11 Å². The Morgan fingerprint density at radius 3 is 2.28 bits per heavy atom. The molecule has 2 aliphatic rings. The van der Waals surface area contributed by atoms with Crippen LogP contribution in [0.5, 0.6) is 0 Å². The summed E-state index contributed by atoms with van der Waals surface area (Å²) in [6.45, 7) is 8.19. The fourth-order valence-corrected chi connectivity index (χ4v) is 4.32. The van der Waals surface area contributed by atoms with Crippen LogP contribution in [-0.2, 0) is 22.4 Å². The van der Waals surface area contributed by atoms with E-state index in [0.29, 0.717) is 18.4 Å². The number of carbonyl (C=O) groups excluding carboxylic acids is 1. The third-order valence-electron chi connectivity index (χ3n) is 5.75. The van der Waals surface area contributed by atoms with Crippen molar-refractivity contribution in [3.63, 3.8) is 0 Å². The van der Waals surface area contributed by atoms with Gasteiger partial charge in [0.25, 0.3) is 0 Å². The van der Waals surface area contributed by atoms with Crippen molar-refractivity contribution >= 4 is 23.8 Å². The van der Waals surface area contributed by atoms with Gasteiger partial charge >= 0.3 is 5.90 Å². The molecule has 0 radical (unpaired) electrons. The summed E-state index contributed by atoms with van der Waals surface area (Å²) in [5, 5.41) is 12.5. The van der Waals surface area contributed by atoms with Crippen LogP contribution >= 0.6 is 0 Å². The van der Waals surface area contributed by atoms with Crippen LogP contribution in [0, 0.1) is 0 Å². The zero-order valence-electron chi connectivity index (χ0n) is 15.4. The van der Waals surface area contributed by atoms with Crippen molar-refractivity contribution in [2.24, 2.45) is 0 Å². The molecule has 3 rings (SSSR count). The first-order chi connectivity index (χ1) is 12.0. The number of nitrogens with one attached hydrogen (secondary N) is 1. The van der Waals surface area contributed by atoms with Crippen LogP contribution in [0.4, 0.5) is 0 Å². The van der Waals surface area contributed by atoms with Gasteiger partial charge in [-0.25, -0.2) is 0 Å². The molecule has 0 atom stereocenters. The van der Waals surface area contributed by atoms with Gasteiger partial charge in [-0.05, 0) is 42.0 Å². The number of aryl methyl sites for hydroxylation is 2. The van der Waals surface area contributed by atoms with Crippen molar-refractivity contribution in [3.8, 4) is 0 Å². The highest BCUT2D eigenvalue weighted by Crippen LogP contribution is 2.31. The molecule has 1 saturated carbocycles. The number of methoxy groups -OCH3 is 1. The molecular weight excluding hydrogens is 314 g/mol.